The molecule has 0 radical (unpaired) electrons. The molecule has 1 nitrogen and oxygen atoms in total. The first-order valence-corrected chi connectivity index (χ1v) is 3.36. The Labute approximate surface area is 98.7 Å². The van der Waals surface area contributed by atoms with Crippen molar-refractivity contribution in [1.29, 1.82) is 0 Å². The predicted octanol–water partition coefficient (Wildman–Crippen LogP) is -1.31. The second-order valence-corrected chi connectivity index (χ2v) is 2.73. The predicted molar refractivity (Wildman–Crippen MR) is 40.1 cm³/mol. The molecule has 0 heterocycles. The van der Waals surface area contributed by atoms with Gasteiger partial charge in [0, 0.05) is 0 Å². The average Bonchev–Trinajstić information content (AvgIpc) is 1.82. The summed E-state index contributed by atoms with van der Waals surface area (Å²) in [5.74, 6) is 0.172. The first-order valence-electron chi connectivity index (χ1n) is 3.36. The van der Waals surface area contributed by atoms with E-state index in [9.17, 15) is 5.11 Å². The van der Waals surface area contributed by atoms with Crippen molar-refractivity contribution in [3.8, 4) is 5.75 Å². The normalized spacial score (nSPS) is 8.25. The van der Waals surface area contributed by atoms with Gasteiger partial charge in [-0.3, -0.25) is 0 Å². The number of hydrogen-bond donors (Lipinski definition) is 0. The summed E-state index contributed by atoms with van der Waals surface area (Å²) in [6, 6.07) is 3.82. The van der Waals surface area contributed by atoms with Crippen LogP contribution < -0.4 is 17.5 Å². The first-order chi connectivity index (χ1) is 4.61. The maximum Gasteiger partial charge on any atom is 2.00 e. The maximum absolute atomic E-state index is 11.1. The molecule has 0 aromatic heterocycles. The Morgan fingerprint density at radius 1 is 1.00 bits per heavy atom. The maximum atomic E-state index is 11.1. The Bertz CT molecular complexity index is 238. The van der Waals surface area contributed by atoms with Gasteiger partial charge in [-0.25, -0.2) is 0 Å². The van der Waals surface area contributed by atoms with Crippen molar-refractivity contribution in [2.45, 2.75) is 20.8 Å². The van der Waals surface area contributed by atoms with Crippen LogP contribution in [0.4, 0.5) is 0 Å². The minimum absolute atomic E-state index is 0. The van der Waals surface area contributed by atoms with Gasteiger partial charge in [0.2, 0.25) is 0 Å². The van der Waals surface area contributed by atoms with Crippen molar-refractivity contribution in [2.75, 3.05) is 0 Å². The van der Waals surface area contributed by atoms with Crippen molar-refractivity contribution < 1.29 is 43.7 Å². The van der Waals surface area contributed by atoms with Crippen molar-refractivity contribution in [1.82, 2.24) is 0 Å². The fourth-order valence-electron chi connectivity index (χ4n) is 1.17. The Balaban J connectivity index is 0. The summed E-state index contributed by atoms with van der Waals surface area (Å²) in [6.45, 7) is 5.70. The van der Waals surface area contributed by atoms with E-state index in [1.165, 1.54) is 0 Å². The molecule has 12 heavy (non-hydrogen) atoms. The zero-order valence-electron chi connectivity index (χ0n) is 7.44. The van der Waals surface area contributed by atoms with Crippen LogP contribution in [0, 0.1) is 20.8 Å². The molecular formula is C9H11ClOZr. The summed E-state index contributed by atoms with van der Waals surface area (Å²) in [6.07, 6.45) is 0. The summed E-state index contributed by atoms with van der Waals surface area (Å²) < 4.78 is 0. The van der Waals surface area contributed by atoms with Crippen LogP contribution in [0.1, 0.15) is 16.7 Å². The summed E-state index contributed by atoms with van der Waals surface area (Å²) in [4.78, 5) is 0. The molecule has 0 N–H and O–H groups in total. The number of benzene rings is 1. The van der Waals surface area contributed by atoms with Crippen molar-refractivity contribution in [3.05, 3.63) is 28.8 Å². The van der Waals surface area contributed by atoms with Crippen molar-refractivity contribution >= 4 is 0 Å². The van der Waals surface area contributed by atoms with E-state index >= 15 is 0 Å². The van der Waals surface area contributed by atoms with E-state index in [0.29, 0.717) is 0 Å². The Morgan fingerprint density at radius 3 is 1.67 bits per heavy atom. The number of rotatable bonds is 0. The monoisotopic (exact) mass is 260 g/mol. The Hall–Kier alpha value is 0.193. The van der Waals surface area contributed by atoms with Gasteiger partial charge in [-0.15, -0.1) is 5.75 Å². The number of hydrogen-bond acceptors (Lipinski definition) is 1. The molecule has 0 aliphatic carbocycles. The average molecular weight is 262 g/mol. The first kappa shape index (κ1) is 14.7. The Kier molecular flexibility index (Phi) is 7.07. The van der Waals surface area contributed by atoms with Gasteiger partial charge in [-0.1, -0.05) is 28.8 Å². The van der Waals surface area contributed by atoms with Crippen molar-refractivity contribution in [3.63, 3.8) is 0 Å². The fourth-order valence-corrected chi connectivity index (χ4v) is 1.17. The molecule has 0 saturated carbocycles. The molecule has 1 aromatic carbocycles. The largest absolute Gasteiger partial charge is 2.00 e. The van der Waals surface area contributed by atoms with Gasteiger partial charge in [-0.2, -0.15) is 0 Å². The summed E-state index contributed by atoms with van der Waals surface area (Å²) in [5.41, 5.74) is 2.85. The molecule has 0 unspecified atom stereocenters. The smallest absolute Gasteiger partial charge is 1.00 e. The van der Waals surface area contributed by atoms with Crippen molar-refractivity contribution in [2.24, 2.45) is 0 Å². The molecule has 0 spiro atoms. The van der Waals surface area contributed by atoms with E-state index in [1.807, 2.05) is 32.9 Å². The summed E-state index contributed by atoms with van der Waals surface area (Å²) in [7, 11) is 0. The molecule has 1 aromatic rings. The summed E-state index contributed by atoms with van der Waals surface area (Å²) in [5, 5.41) is 11.1. The molecule has 0 fully saturated rings. The third kappa shape index (κ3) is 3.29. The van der Waals surface area contributed by atoms with E-state index in [2.05, 4.69) is 0 Å². The SMILES string of the molecule is Cc1cc(C)c([O-])c(C)c1.[Cl-].[Zr+2]. The molecule has 64 valence electrons. The number of aryl methyl sites for hydroxylation is 3. The minimum atomic E-state index is 0. The van der Waals surface area contributed by atoms with Crippen LogP contribution in [0.3, 0.4) is 0 Å². The molecule has 0 aliphatic heterocycles. The van der Waals surface area contributed by atoms with E-state index in [4.69, 9.17) is 0 Å². The molecular weight excluding hydrogens is 251 g/mol. The molecule has 0 atom stereocenters. The van der Waals surface area contributed by atoms with E-state index in [-0.39, 0.29) is 44.4 Å². The van der Waals surface area contributed by atoms with Crippen LogP contribution >= 0.6 is 0 Å². The van der Waals surface area contributed by atoms with Crippen LogP contribution in [-0.2, 0) is 26.2 Å². The minimum Gasteiger partial charge on any atom is -1.00 e. The molecule has 0 amide bonds. The second-order valence-electron chi connectivity index (χ2n) is 2.73. The van der Waals surface area contributed by atoms with E-state index in [1.54, 1.807) is 0 Å². The standard InChI is InChI=1S/C9H12O.ClH.Zr/c1-6-4-7(2)9(10)8(3)5-6;;/h4-5,10H,1-3H3;1H;/q;;+2/p-2. The molecule has 0 aliphatic rings. The van der Waals surface area contributed by atoms with Gasteiger partial charge in [0.15, 0.2) is 0 Å². The Morgan fingerprint density at radius 2 is 1.33 bits per heavy atom. The van der Waals surface area contributed by atoms with Crippen LogP contribution in [0.5, 0.6) is 5.75 Å². The molecule has 0 bridgehead atoms. The van der Waals surface area contributed by atoms with Crippen LogP contribution in [0.2, 0.25) is 0 Å². The van der Waals surface area contributed by atoms with Gasteiger partial charge in [0.1, 0.15) is 0 Å². The van der Waals surface area contributed by atoms with Crippen LogP contribution in [-0.4, -0.2) is 0 Å². The summed E-state index contributed by atoms with van der Waals surface area (Å²) >= 11 is 0. The topological polar surface area (TPSA) is 23.1 Å². The van der Waals surface area contributed by atoms with Gasteiger partial charge < -0.3 is 17.5 Å². The van der Waals surface area contributed by atoms with E-state index in [0.717, 1.165) is 16.7 Å². The van der Waals surface area contributed by atoms with Gasteiger partial charge >= 0.3 is 26.2 Å². The van der Waals surface area contributed by atoms with Gasteiger partial charge in [-0.05, 0) is 20.8 Å². The third-order valence-corrected chi connectivity index (χ3v) is 1.60. The zero-order valence-corrected chi connectivity index (χ0v) is 10.7. The molecule has 3 heteroatoms. The zero-order chi connectivity index (χ0) is 7.72. The fraction of sp³-hybridized carbons (Fsp3) is 0.333. The van der Waals surface area contributed by atoms with Gasteiger partial charge in [0.25, 0.3) is 0 Å². The molecule has 0 saturated heterocycles. The van der Waals surface area contributed by atoms with Crippen LogP contribution in [0.25, 0.3) is 0 Å². The second kappa shape index (κ2) is 5.77. The quantitative estimate of drug-likeness (QED) is 0.569. The number of halogens is 1. The molecule has 1 rings (SSSR count). The van der Waals surface area contributed by atoms with Crippen LogP contribution in [0.15, 0.2) is 12.1 Å². The van der Waals surface area contributed by atoms with E-state index < -0.39 is 0 Å². The van der Waals surface area contributed by atoms with Gasteiger partial charge in [0.05, 0.1) is 0 Å². The third-order valence-electron chi connectivity index (χ3n) is 1.60.